The molecule has 0 radical (unpaired) electrons. The molecule has 5 atom stereocenters. The van der Waals surface area contributed by atoms with Crippen molar-refractivity contribution in [1.29, 1.82) is 0 Å². The number of hydrogen-bond acceptors (Lipinski definition) is 1. The van der Waals surface area contributed by atoms with E-state index in [1.165, 1.54) is 6.42 Å². The van der Waals surface area contributed by atoms with Crippen molar-refractivity contribution >= 4 is 0 Å². The fourth-order valence-electron chi connectivity index (χ4n) is 2.73. The summed E-state index contributed by atoms with van der Waals surface area (Å²) in [4.78, 5) is 0. The van der Waals surface area contributed by atoms with Crippen molar-refractivity contribution in [2.24, 2.45) is 23.7 Å². The lowest BCUT2D eigenvalue weighted by Gasteiger charge is -2.44. The highest BCUT2D eigenvalue weighted by Crippen LogP contribution is 2.33. The third kappa shape index (κ3) is 2.50. The van der Waals surface area contributed by atoms with Gasteiger partial charge in [-0.2, -0.15) is 0 Å². The molecule has 0 amide bonds. The van der Waals surface area contributed by atoms with Crippen LogP contribution < -0.4 is 5.32 Å². The van der Waals surface area contributed by atoms with Crippen molar-refractivity contribution in [2.75, 3.05) is 0 Å². The van der Waals surface area contributed by atoms with Gasteiger partial charge >= 0.3 is 0 Å². The van der Waals surface area contributed by atoms with Crippen LogP contribution in [0.3, 0.4) is 0 Å². The zero-order valence-corrected chi connectivity index (χ0v) is 10.7. The van der Waals surface area contributed by atoms with Crippen LogP contribution >= 0.6 is 0 Å². The molecule has 1 N–H and O–H groups in total. The van der Waals surface area contributed by atoms with Gasteiger partial charge in [0.25, 0.3) is 0 Å². The number of hydrogen-bond donors (Lipinski definition) is 1. The van der Waals surface area contributed by atoms with E-state index >= 15 is 0 Å². The predicted molar refractivity (Wildman–Crippen MR) is 63.3 cm³/mol. The molecule has 84 valence electrons. The second-order valence-corrected chi connectivity index (χ2v) is 5.77. The molecular formula is C13H27N. The van der Waals surface area contributed by atoms with Gasteiger partial charge in [0.1, 0.15) is 0 Å². The molecule has 5 unspecified atom stereocenters. The summed E-state index contributed by atoms with van der Waals surface area (Å²) in [6.45, 7) is 14.2. The van der Waals surface area contributed by atoms with E-state index in [0.29, 0.717) is 6.04 Å². The van der Waals surface area contributed by atoms with Crippen LogP contribution in [0.15, 0.2) is 0 Å². The predicted octanol–water partition coefficient (Wildman–Crippen LogP) is 3.30. The third-order valence-corrected chi connectivity index (χ3v) is 4.28. The van der Waals surface area contributed by atoms with E-state index in [4.69, 9.17) is 0 Å². The minimum atomic E-state index is 0.685. The van der Waals surface area contributed by atoms with Crippen molar-refractivity contribution in [2.45, 2.75) is 60.0 Å². The number of nitrogens with one attached hydrogen (secondary N) is 1. The maximum atomic E-state index is 3.78. The summed E-state index contributed by atoms with van der Waals surface area (Å²) in [7, 11) is 0. The van der Waals surface area contributed by atoms with Crippen molar-refractivity contribution < 1.29 is 0 Å². The lowest BCUT2D eigenvalue weighted by atomic mass is 9.72. The first-order valence-corrected chi connectivity index (χ1v) is 6.19. The Kier molecular flexibility index (Phi) is 4.00. The van der Waals surface area contributed by atoms with E-state index in [1.54, 1.807) is 0 Å². The lowest BCUT2D eigenvalue weighted by molar-refractivity contribution is 0.106. The highest BCUT2D eigenvalue weighted by Gasteiger charge is 2.35. The minimum absolute atomic E-state index is 0.685. The van der Waals surface area contributed by atoms with Crippen molar-refractivity contribution in [3.05, 3.63) is 0 Å². The first kappa shape index (κ1) is 12.0. The van der Waals surface area contributed by atoms with E-state index in [1.807, 2.05) is 0 Å². The van der Waals surface area contributed by atoms with Crippen LogP contribution in [0.2, 0.25) is 0 Å². The molecule has 0 bridgehead atoms. The van der Waals surface area contributed by atoms with Crippen molar-refractivity contribution in [1.82, 2.24) is 5.32 Å². The fraction of sp³-hybridized carbons (Fsp3) is 1.00. The van der Waals surface area contributed by atoms with E-state index in [9.17, 15) is 0 Å². The molecule has 1 heterocycles. The molecule has 1 saturated heterocycles. The van der Waals surface area contributed by atoms with Gasteiger partial charge in [0.2, 0.25) is 0 Å². The maximum absolute atomic E-state index is 3.78. The van der Waals surface area contributed by atoms with E-state index in [0.717, 1.165) is 29.7 Å². The highest BCUT2D eigenvalue weighted by atomic mass is 15.0. The van der Waals surface area contributed by atoms with Gasteiger partial charge in [-0.1, -0.05) is 34.6 Å². The summed E-state index contributed by atoms with van der Waals surface area (Å²) < 4.78 is 0. The van der Waals surface area contributed by atoms with Crippen LogP contribution in [-0.2, 0) is 0 Å². The average Bonchev–Trinajstić information content (AvgIpc) is 2.10. The van der Waals surface area contributed by atoms with Crippen LogP contribution in [0.5, 0.6) is 0 Å². The van der Waals surface area contributed by atoms with Gasteiger partial charge in [-0.3, -0.25) is 0 Å². The summed E-state index contributed by atoms with van der Waals surface area (Å²) >= 11 is 0. The molecule has 1 rings (SSSR count). The second kappa shape index (κ2) is 4.65. The highest BCUT2D eigenvalue weighted by molar-refractivity contribution is 4.90. The maximum Gasteiger partial charge on any atom is 0.0100 e. The molecule has 0 aliphatic carbocycles. The number of rotatable bonds is 2. The zero-order valence-electron chi connectivity index (χ0n) is 10.7. The van der Waals surface area contributed by atoms with Crippen LogP contribution in [0, 0.1) is 23.7 Å². The smallest absolute Gasteiger partial charge is 0.0100 e. The van der Waals surface area contributed by atoms with Gasteiger partial charge in [-0.25, -0.2) is 0 Å². The first-order chi connectivity index (χ1) is 6.43. The summed E-state index contributed by atoms with van der Waals surface area (Å²) in [5, 5.41) is 3.78. The van der Waals surface area contributed by atoms with Crippen molar-refractivity contribution in [3.8, 4) is 0 Å². The largest absolute Gasteiger partial charge is 0.311 e. The molecule has 1 aliphatic rings. The standard InChI is InChI=1S/C13H27N/c1-8(2)7-13-11(5)9(3)10(4)12(6)14-13/h8-14H,7H2,1-6H3. The monoisotopic (exact) mass is 197 g/mol. The molecule has 14 heavy (non-hydrogen) atoms. The van der Waals surface area contributed by atoms with E-state index in [2.05, 4.69) is 46.9 Å². The summed E-state index contributed by atoms with van der Waals surface area (Å²) in [5.74, 6) is 3.30. The Hall–Kier alpha value is -0.0400. The van der Waals surface area contributed by atoms with Crippen LogP contribution in [0.4, 0.5) is 0 Å². The number of piperidine rings is 1. The average molecular weight is 197 g/mol. The molecule has 1 heteroatoms. The summed E-state index contributed by atoms with van der Waals surface area (Å²) in [6, 6.07) is 1.42. The quantitative estimate of drug-likeness (QED) is 0.716. The lowest BCUT2D eigenvalue weighted by Crippen LogP contribution is -2.53. The normalized spacial score (nSPS) is 44.4. The van der Waals surface area contributed by atoms with Crippen LogP contribution in [-0.4, -0.2) is 12.1 Å². The Balaban J connectivity index is 2.60. The molecule has 0 aromatic heterocycles. The van der Waals surface area contributed by atoms with Gasteiger partial charge in [-0.05, 0) is 37.0 Å². The molecule has 0 aromatic rings. The molecule has 0 spiro atoms. The van der Waals surface area contributed by atoms with Gasteiger partial charge in [-0.15, -0.1) is 0 Å². The Labute approximate surface area is 89.7 Å². The molecule has 1 nitrogen and oxygen atoms in total. The molecule has 0 aromatic carbocycles. The molecular weight excluding hydrogens is 170 g/mol. The summed E-state index contributed by atoms with van der Waals surface area (Å²) in [5.41, 5.74) is 0. The minimum Gasteiger partial charge on any atom is -0.311 e. The zero-order chi connectivity index (χ0) is 10.9. The van der Waals surface area contributed by atoms with E-state index < -0.39 is 0 Å². The van der Waals surface area contributed by atoms with Crippen LogP contribution in [0.25, 0.3) is 0 Å². The van der Waals surface area contributed by atoms with Gasteiger partial charge in [0.15, 0.2) is 0 Å². The Morgan fingerprint density at radius 3 is 2.00 bits per heavy atom. The SMILES string of the molecule is CC(C)CC1NC(C)C(C)C(C)C1C. The third-order valence-electron chi connectivity index (χ3n) is 4.28. The molecule has 1 aliphatic heterocycles. The molecule has 0 saturated carbocycles. The fourth-order valence-corrected chi connectivity index (χ4v) is 2.73. The molecule has 1 fully saturated rings. The van der Waals surface area contributed by atoms with Gasteiger partial charge < -0.3 is 5.32 Å². The van der Waals surface area contributed by atoms with Crippen LogP contribution in [0.1, 0.15) is 48.0 Å². The van der Waals surface area contributed by atoms with Gasteiger partial charge in [0.05, 0.1) is 0 Å². The van der Waals surface area contributed by atoms with Gasteiger partial charge in [0, 0.05) is 12.1 Å². The second-order valence-electron chi connectivity index (χ2n) is 5.77. The topological polar surface area (TPSA) is 12.0 Å². The summed E-state index contributed by atoms with van der Waals surface area (Å²) in [6.07, 6.45) is 1.32. The van der Waals surface area contributed by atoms with E-state index in [-0.39, 0.29) is 0 Å². The Morgan fingerprint density at radius 1 is 0.929 bits per heavy atom. The first-order valence-electron chi connectivity index (χ1n) is 6.19. The van der Waals surface area contributed by atoms with Crippen molar-refractivity contribution in [3.63, 3.8) is 0 Å². The Bertz CT molecular complexity index is 176. The Morgan fingerprint density at radius 2 is 1.50 bits per heavy atom.